The number of hydrogen-bond donors (Lipinski definition) is 3. The van der Waals surface area contributed by atoms with Gasteiger partial charge >= 0.3 is 0 Å². The molecule has 11 nitrogen and oxygen atoms in total. The average Bonchev–Trinajstić information content (AvgIpc) is 3.35. The molecule has 0 spiro atoms. The third-order valence-electron chi connectivity index (χ3n) is 6.76. The van der Waals surface area contributed by atoms with E-state index in [0.29, 0.717) is 18.1 Å². The number of aromatic nitrogens is 6. The normalized spacial score (nSPS) is 12.1. The molecule has 12 heteroatoms. The minimum absolute atomic E-state index is 0.00167. The molecule has 0 aliphatic heterocycles. The van der Waals surface area contributed by atoms with Crippen LogP contribution in [0, 0.1) is 6.92 Å². The van der Waals surface area contributed by atoms with Crippen molar-refractivity contribution < 1.29 is 13.5 Å². The van der Waals surface area contributed by atoms with Crippen LogP contribution in [0.5, 0.6) is 0 Å². The van der Waals surface area contributed by atoms with Gasteiger partial charge in [0.15, 0.2) is 0 Å². The van der Waals surface area contributed by atoms with Gasteiger partial charge in [-0.1, -0.05) is 6.07 Å². The van der Waals surface area contributed by atoms with Crippen LogP contribution in [-0.4, -0.2) is 48.8 Å². The van der Waals surface area contributed by atoms with E-state index < -0.39 is 15.6 Å². The zero-order valence-electron chi connectivity index (χ0n) is 23.1. The Hall–Kier alpha value is -4.94. The lowest BCUT2D eigenvalue weighted by atomic mass is 9.98. The molecule has 0 atom stereocenters. The number of nitrogens with zero attached hydrogens (tertiary/aromatic N) is 6. The Bertz CT molecular complexity index is 2020. The van der Waals surface area contributed by atoms with E-state index in [2.05, 4.69) is 30.1 Å². The molecule has 0 fully saturated rings. The van der Waals surface area contributed by atoms with Crippen LogP contribution < -0.4 is 10.0 Å². The second-order valence-corrected chi connectivity index (χ2v) is 12.2. The minimum atomic E-state index is -3.84. The number of nitrogens with one attached hydrogen (secondary N) is 2. The topological polar surface area (TPSA) is 148 Å². The molecule has 4 aromatic heterocycles. The van der Waals surface area contributed by atoms with E-state index in [1.54, 1.807) is 44.4 Å². The molecule has 0 radical (unpaired) electrons. The number of anilines is 3. The number of rotatable bonds is 8. The molecule has 42 heavy (non-hydrogen) atoms. The summed E-state index contributed by atoms with van der Waals surface area (Å²) in [5, 5.41) is 20.9. The highest BCUT2D eigenvalue weighted by atomic mass is 32.2. The summed E-state index contributed by atoms with van der Waals surface area (Å²) in [5.74, 6) is 0.585. The fourth-order valence-corrected chi connectivity index (χ4v) is 5.74. The number of sulfonamides is 1. The van der Waals surface area contributed by atoms with Crippen LogP contribution in [0.15, 0.2) is 90.5 Å². The minimum Gasteiger partial charge on any atom is -0.389 e. The smallest absolute Gasteiger partial charge is 0.264 e. The Balaban J connectivity index is 1.29. The van der Waals surface area contributed by atoms with Crippen LogP contribution in [0.4, 0.5) is 17.5 Å². The molecular weight excluding hydrogens is 552 g/mol. The Labute approximate surface area is 242 Å². The maximum absolute atomic E-state index is 12.7. The lowest BCUT2D eigenvalue weighted by molar-refractivity contribution is 0.0591. The number of benzene rings is 2. The number of aryl methyl sites for hydroxylation is 1. The van der Waals surface area contributed by atoms with Gasteiger partial charge < -0.3 is 10.4 Å². The quantitative estimate of drug-likeness (QED) is 0.225. The molecule has 0 saturated heterocycles. The molecule has 0 aliphatic rings. The summed E-state index contributed by atoms with van der Waals surface area (Å²) in [6.45, 7) is 5.95. The largest absolute Gasteiger partial charge is 0.389 e. The van der Waals surface area contributed by atoms with Gasteiger partial charge in [0.05, 0.1) is 34.4 Å². The maximum Gasteiger partial charge on any atom is 0.264 e. The molecule has 0 aliphatic carbocycles. The molecule has 0 saturated carbocycles. The van der Waals surface area contributed by atoms with Crippen LogP contribution in [0.1, 0.15) is 19.4 Å². The van der Waals surface area contributed by atoms with E-state index in [1.807, 2.05) is 42.1 Å². The van der Waals surface area contributed by atoms with Gasteiger partial charge in [-0.25, -0.2) is 28.1 Å². The van der Waals surface area contributed by atoms with Crippen molar-refractivity contribution in [2.24, 2.45) is 0 Å². The van der Waals surface area contributed by atoms with E-state index in [4.69, 9.17) is 4.98 Å². The fourth-order valence-electron chi connectivity index (χ4n) is 4.79. The van der Waals surface area contributed by atoms with Gasteiger partial charge in [0, 0.05) is 52.2 Å². The number of aliphatic hydroxyl groups is 1. The SMILES string of the molecule is Cc1c(-c2nccc3cnc(Nc4ccc(S(=O)(=O)Nc5ncccn5)cc4)cc23)ccc2c1cnn2CC(C)(C)O. The van der Waals surface area contributed by atoms with E-state index >= 15 is 0 Å². The van der Waals surface area contributed by atoms with E-state index in [1.165, 1.54) is 24.5 Å². The van der Waals surface area contributed by atoms with Gasteiger partial charge in [-0.15, -0.1) is 0 Å². The number of pyridine rings is 2. The summed E-state index contributed by atoms with van der Waals surface area (Å²) in [6.07, 6.45) is 8.29. The van der Waals surface area contributed by atoms with Crippen molar-refractivity contribution in [3.63, 3.8) is 0 Å². The highest BCUT2D eigenvalue weighted by Crippen LogP contribution is 2.34. The second kappa shape index (κ2) is 10.5. The molecule has 6 aromatic rings. The van der Waals surface area contributed by atoms with E-state index in [9.17, 15) is 13.5 Å². The predicted octanol–water partition coefficient (Wildman–Crippen LogP) is 5.06. The Kier molecular flexibility index (Phi) is 6.79. The average molecular weight is 581 g/mol. The number of hydrogen-bond acceptors (Lipinski definition) is 9. The first-order valence-corrected chi connectivity index (χ1v) is 14.7. The van der Waals surface area contributed by atoms with Crippen LogP contribution in [0.2, 0.25) is 0 Å². The molecule has 0 bridgehead atoms. The monoisotopic (exact) mass is 580 g/mol. The van der Waals surface area contributed by atoms with Crippen LogP contribution in [0.3, 0.4) is 0 Å². The molecule has 4 heterocycles. The summed E-state index contributed by atoms with van der Waals surface area (Å²) in [6, 6.07) is 15.8. The van der Waals surface area contributed by atoms with Gasteiger partial charge in [0.25, 0.3) is 10.0 Å². The highest BCUT2D eigenvalue weighted by Gasteiger charge is 2.19. The van der Waals surface area contributed by atoms with Crippen molar-refractivity contribution in [1.82, 2.24) is 29.7 Å². The van der Waals surface area contributed by atoms with Gasteiger partial charge in [-0.2, -0.15) is 5.10 Å². The number of fused-ring (bicyclic) bond motifs is 2. The maximum atomic E-state index is 12.7. The first-order chi connectivity index (χ1) is 20.1. The van der Waals surface area contributed by atoms with Gasteiger partial charge in [-0.05, 0) is 74.9 Å². The van der Waals surface area contributed by atoms with Gasteiger partial charge in [0.2, 0.25) is 5.95 Å². The first-order valence-electron chi connectivity index (χ1n) is 13.2. The summed E-state index contributed by atoms with van der Waals surface area (Å²) in [7, 11) is -3.84. The zero-order chi connectivity index (χ0) is 29.5. The molecule has 2 aromatic carbocycles. The van der Waals surface area contributed by atoms with Crippen molar-refractivity contribution in [2.45, 2.75) is 37.8 Å². The lowest BCUT2D eigenvalue weighted by Gasteiger charge is -2.18. The summed E-state index contributed by atoms with van der Waals surface area (Å²) < 4.78 is 29.6. The molecule has 0 unspecified atom stereocenters. The molecular formula is C30H28N8O3S. The highest BCUT2D eigenvalue weighted by molar-refractivity contribution is 7.92. The van der Waals surface area contributed by atoms with Gasteiger partial charge in [-0.3, -0.25) is 9.67 Å². The Morgan fingerprint density at radius 2 is 1.67 bits per heavy atom. The standard InChI is InChI=1S/C30H28N8O3S/c1-19-23(9-10-26-25(19)17-35-38(26)18-30(2,3)39)28-24-15-27(34-16-20(24)11-14-31-28)36-21-5-7-22(8-6-21)42(40,41)37-29-32-12-4-13-33-29/h4-17,39H,18H2,1-3H3,(H,34,36)(H,32,33,37). The third kappa shape index (κ3) is 5.49. The molecule has 6 rings (SSSR count). The van der Waals surface area contributed by atoms with Gasteiger partial charge in [0.1, 0.15) is 5.82 Å². The van der Waals surface area contributed by atoms with Crippen molar-refractivity contribution in [1.29, 1.82) is 0 Å². The Morgan fingerprint density at radius 1 is 0.905 bits per heavy atom. The summed E-state index contributed by atoms with van der Waals surface area (Å²) in [4.78, 5) is 17.2. The van der Waals surface area contributed by atoms with Crippen molar-refractivity contribution in [3.8, 4) is 11.3 Å². The Morgan fingerprint density at radius 3 is 2.40 bits per heavy atom. The van der Waals surface area contributed by atoms with E-state index in [0.717, 1.165) is 38.5 Å². The first kappa shape index (κ1) is 27.2. The molecule has 3 N–H and O–H groups in total. The van der Waals surface area contributed by atoms with Crippen LogP contribution in [0.25, 0.3) is 32.9 Å². The molecule has 0 amide bonds. The third-order valence-corrected chi connectivity index (χ3v) is 8.11. The van der Waals surface area contributed by atoms with Crippen molar-refractivity contribution in [3.05, 3.63) is 91.1 Å². The fraction of sp³-hybridized carbons (Fsp3) is 0.167. The lowest BCUT2D eigenvalue weighted by Crippen LogP contribution is -2.26. The molecule has 212 valence electrons. The van der Waals surface area contributed by atoms with Crippen LogP contribution >= 0.6 is 0 Å². The zero-order valence-corrected chi connectivity index (χ0v) is 24.0. The summed E-state index contributed by atoms with van der Waals surface area (Å²) >= 11 is 0. The van der Waals surface area contributed by atoms with Crippen molar-refractivity contribution >= 4 is 49.2 Å². The van der Waals surface area contributed by atoms with E-state index in [-0.39, 0.29) is 10.8 Å². The summed E-state index contributed by atoms with van der Waals surface area (Å²) in [5.41, 5.74) is 3.54. The second-order valence-electron chi connectivity index (χ2n) is 10.6. The van der Waals surface area contributed by atoms with Crippen molar-refractivity contribution in [2.75, 3.05) is 10.0 Å². The predicted molar refractivity (Wildman–Crippen MR) is 162 cm³/mol. The van der Waals surface area contributed by atoms with Crippen LogP contribution in [-0.2, 0) is 16.6 Å².